The van der Waals surface area contributed by atoms with E-state index < -0.39 is 0 Å². The van der Waals surface area contributed by atoms with E-state index >= 15 is 0 Å². The largest absolute Gasteiger partial charge is 0.351 e. The van der Waals surface area contributed by atoms with Crippen molar-refractivity contribution in [1.29, 1.82) is 0 Å². The predicted octanol–water partition coefficient (Wildman–Crippen LogP) is 3.77. The summed E-state index contributed by atoms with van der Waals surface area (Å²) >= 11 is 0. The number of aryl methyl sites for hydroxylation is 1. The molecular formula is C21H25N3O. The summed E-state index contributed by atoms with van der Waals surface area (Å²) in [5.41, 5.74) is 3.50. The summed E-state index contributed by atoms with van der Waals surface area (Å²) in [5, 5.41) is 5.12. The van der Waals surface area contributed by atoms with Gasteiger partial charge in [-0.15, -0.1) is 0 Å². The van der Waals surface area contributed by atoms with Crippen LogP contribution >= 0.6 is 0 Å². The lowest BCUT2D eigenvalue weighted by Gasteiger charge is -2.18. The smallest absolute Gasteiger partial charge is 0.253 e. The zero-order valence-electron chi connectivity index (χ0n) is 15.2. The number of nitrogens with one attached hydrogen (secondary N) is 1. The van der Waals surface area contributed by atoms with Gasteiger partial charge in [0.25, 0.3) is 5.91 Å². The first-order valence-electron chi connectivity index (χ1n) is 8.93. The number of benzene rings is 2. The molecule has 0 radical (unpaired) electrons. The second kappa shape index (κ2) is 7.62. The van der Waals surface area contributed by atoms with E-state index in [1.807, 2.05) is 18.2 Å². The van der Waals surface area contributed by atoms with Gasteiger partial charge in [0.2, 0.25) is 0 Å². The van der Waals surface area contributed by atoms with Crippen LogP contribution in [0.5, 0.6) is 0 Å². The minimum atomic E-state index is -0.0581. The zero-order valence-corrected chi connectivity index (χ0v) is 15.2. The lowest BCUT2D eigenvalue weighted by atomic mass is 10.1. The number of fused-ring (bicyclic) bond motifs is 2. The second-order valence-corrected chi connectivity index (χ2v) is 6.34. The Hall–Kier alpha value is -2.46. The van der Waals surface area contributed by atoms with Crippen LogP contribution in [0.2, 0.25) is 0 Å². The highest BCUT2D eigenvalue weighted by Crippen LogP contribution is 2.23. The van der Waals surface area contributed by atoms with Gasteiger partial charge in [0.1, 0.15) is 0 Å². The number of carbonyl (C=O) groups excluding carboxylic acids is 1. The number of hydrogen-bond acceptors (Lipinski definition) is 3. The maximum Gasteiger partial charge on any atom is 0.253 e. The van der Waals surface area contributed by atoms with Crippen LogP contribution in [0.3, 0.4) is 0 Å². The van der Waals surface area contributed by atoms with E-state index in [2.05, 4.69) is 55.3 Å². The first kappa shape index (κ1) is 17.4. The van der Waals surface area contributed by atoms with Crippen molar-refractivity contribution in [3.8, 4) is 0 Å². The van der Waals surface area contributed by atoms with Crippen LogP contribution in [0.25, 0.3) is 21.8 Å². The van der Waals surface area contributed by atoms with E-state index in [4.69, 9.17) is 4.98 Å². The Bertz CT molecular complexity index is 900. The molecule has 0 spiro atoms. The van der Waals surface area contributed by atoms with Crippen LogP contribution in [0.1, 0.15) is 29.8 Å². The van der Waals surface area contributed by atoms with Crippen molar-refractivity contribution in [3.63, 3.8) is 0 Å². The monoisotopic (exact) mass is 335 g/mol. The number of carbonyl (C=O) groups is 1. The summed E-state index contributed by atoms with van der Waals surface area (Å²) in [6.45, 7) is 9.81. The molecule has 3 rings (SSSR count). The van der Waals surface area contributed by atoms with Crippen molar-refractivity contribution in [2.45, 2.75) is 20.8 Å². The number of hydrogen-bond donors (Lipinski definition) is 1. The van der Waals surface area contributed by atoms with Gasteiger partial charge in [-0.1, -0.05) is 38.1 Å². The Morgan fingerprint density at radius 2 is 1.88 bits per heavy atom. The molecule has 1 N–H and O–H groups in total. The molecule has 1 amide bonds. The molecule has 0 aliphatic carbocycles. The van der Waals surface area contributed by atoms with E-state index in [1.54, 1.807) is 0 Å². The van der Waals surface area contributed by atoms with Crippen molar-refractivity contribution < 1.29 is 4.79 Å². The number of nitrogens with zero attached hydrogens (tertiary/aromatic N) is 2. The molecule has 1 aromatic heterocycles. The molecule has 0 aliphatic rings. The number of likely N-dealkylation sites (N-methyl/N-ethyl adjacent to an activating group) is 1. The number of para-hydroxylation sites is 1. The quantitative estimate of drug-likeness (QED) is 0.698. The molecular weight excluding hydrogens is 310 g/mol. The van der Waals surface area contributed by atoms with Crippen LogP contribution in [-0.2, 0) is 0 Å². The van der Waals surface area contributed by atoms with Gasteiger partial charge in [0.15, 0.2) is 0 Å². The Morgan fingerprint density at radius 3 is 2.64 bits per heavy atom. The van der Waals surface area contributed by atoms with Crippen LogP contribution < -0.4 is 5.32 Å². The predicted molar refractivity (Wildman–Crippen MR) is 104 cm³/mol. The molecule has 0 saturated heterocycles. The van der Waals surface area contributed by atoms with Crippen LogP contribution in [0.4, 0.5) is 0 Å². The summed E-state index contributed by atoms with van der Waals surface area (Å²) < 4.78 is 0. The normalized spacial score (nSPS) is 11.4. The highest BCUT2D eigenvalue weighted by Gasteiger charge is 2.12. The molecule has 0 saturated carbocycles. The first-order chi connectivity index (χ1) is 12.1. The SMILES string of the molecule is CCN(CC)CCNC(=O)c1cccc2cc3ccc(C)cc3nc12. The number of amides is 1. The highest BCUT2D eigenvalue weighted by atomic mass is 16.1. The van der Waals surface area contributed by atoms with Gasteiger partial charge in [0, 0.05) is 23.9 Å². The molecule has 0 atom stereocenters. The fraction of sp³-hybridized carbons (Fsp3) is 0.333. The van der Waals surface area contributed by atoms with Gasteiger partial charge < -0.3 is 10.2 Å². The molecule has 0 bridgehead atoms. The summed E-state index contributed by atoms with van der Waals surface area (Å²) in [7, 11) is 0. The van der Waals surface area contributed by atoms with Crippen molar-refractivity contribution in [3.05, 3.63) is 53.6 Å². The molecule has 25 heavy (non-hydrogen) atoms. The third-order valence-electron chi connectivity index (χ3n) is 4.65. The average Bonchev–Trinajstić information content (AvgIpc) is 2.63. The van der Waals surface area contributed by atoms with Crippen LogP contribution in [0, 0.1) is 6.92 Å². The van der Waals surface area contributed by atoms with Crippen LogP contribution in [-0.4, -0.2) is 42.0 Å². The Labute approximate surface area is 148 Å². The van der Waals surface area contributed by atoms with Gasteiger partial charge in [-0.2, -0.15) is 0 Å². The molecule has 1 heterocycles. The maximum absolute atomic E-state index is 12.7. The molecule has 0 aliphatic heterocycles. The number of rotatable bonds is 6. The van der Waals surface area contributed by atoms with Crippen molar-refractivity contribution >= 4 is 27.7 Å². The van der Waals surface area contributed by atoms with Crippen molar-refractivity contribution in [2.75, 3.05) is 26.2 Å². The summed E-state index contributed by atoms with van der Waals surface area (Å²) in [5.74, 6) is -0.0581. The van der Waals surface area contributed by atoms with E-state index in [0.717, 1.165) is 41.4 Å². The van der Waals surface area contributed by atoms with Crippen molar-refractivity contribution in [2.24, 2.45) is 0 Å². The van der Waals surface area contributed by atoms with Gasteiger partial charge in [-0.25, -0.2) is 4.98 Å². The fourth-order valence-corrected chi connectivity index (χ4v) is 3.11. The third kappa shape index (κ3) is 3.80. The van der Waals surface area contributed by atoms with Crippen LogP contribution in [0.15, 0.2) is 42.5 Å². The zero-order chi connectivity index (χ0) is 17.8. The van der Waals surface area contributed by atoms with E-state index in [0.29, 0.717) is 12.1 Å². The lowest BCUT2D eigenvalue weighted by molar-refractivity contribution is 0.0950. The molecule has 4 nitrogen and oxygen atoms in total. The first-order valence-corrected chi connectivity index (χ1v) is 8.93. The fourth-order valence-electron chi connectivity index (χ4n) is 3.11. The van der Waals surface area contributed by atoms with E-state index in [1.165, 1.54) is 5.56 Å². The van der Waals surface area contributed by atoms with Crippen molar-refractivity contribution in [1.82, 2.24) is 15.2 Å². The summed E-state index contributed by atoms with van der Waals surface area (Å²) in [6.07, 6.45) is 0. The number of aromatic nitrogens is 1. The minimum Gasteiger partial charge on any atom is -0.351 e. The maximum atomic E-state index is 12.7. The Balaban J connectivity index is 1.89. The second-order valence-electron chi connectivity index (χ2n) is 6.34. The van der Waals surface area contributed by atoms with Gasteiger partial charge >= 0.3 is 0 Å². The van der Waals surface area contributed by atoms with Gasteiger partial charge in [-0.05, 0) is 43.8 Å². The Morgan fingerprint density at radius 1 is 1.08 bits per heavy atom. The summed E-state index contributed by atoms with van der Waals surface area (Å²) in [4.78, 5) is 19.7. The third-order valence-corrected chi connectivity index (χ3v) is 4.65. The average molecular weight is 335 g/mol. The summed E-state index contributed by atoms with van der Waals surface area (Å²) in [6, 6.07) is 14.1. The minimum absolute atomic E-state index is 0.0581. The van der Waals surface area contributed by atoms with E-state index in [-0.39, 0.29) is 5.91 Å². The molecule has 4 heteroatoms. The molecule has 0 unspecified atom stereocenters. The Kier molecular flexibility index (Phi) is 5.29. The van der Waals surface area contributed by atoms with Gasteiger partial charge in [0.05, 0.1) is 16.6 Å². The molecule has 130 valence electrons. The molecule has 2 aromatic carbocycles. The number of pyridine rings is 1. The molecule has 3 aromatic rings. The van der Waals surface area contributed by atoms with Gasteiger partial charge in [-0.3, -0.25) is 4.79 Å². The topological polar surface area (TPSA) is 45.2 Å². The van der Waals surface area contributed by atoms with E-state index in [9.17, 15) is 4.79 Å². The highest BCUT2D eigenvalue weighted by molar-refractivity contribution is 6.07. The molecule has 0 fully saturated rings. The lowest BCUT2D eigenvalue weighted by Crippen LogP contribution is -2.34. The standard InChI is InChI=1S/C21H25N3O/c1-4-24(5-2)12-11-22-21(25)18-8-6-7-17-14-16-10-9-15(3)13-19(16)23-20(17)18/h6-10,13-14H,4-5,11-12H2,1-3H3,(H,22,25).